The SMILES string of the molecule is CCOc1ccc(C(C)NC(=O)CN)cc1. The molecule has 1 rings (SSSR count). The Morgan fingerprint density at radius 1 is 1.44 bits per heavy atom. The van der Waals surface area contributed by atoms with Crippen LogP contribution in [-0.2, 0) is 4.79 Å². The first kappa shape index (κ1) is 12.5. The maximum absolute atomic E-state index is 11.1. The molecule has 0 aliphatic heterocycles. The Hall–Kier alpha value is -1.55. The molecule has 1 aromatic carbocycles. The van der Waals surface area contributed by atoms with E-state index in [-0.39, 0.29) is 18.5 Å². The summed E-state index contributed by atoms with van der Waals surface area (Å²) in [5, 5.41) is 2.79. The molecule has 0 saturated heterocycles. The molecule has 1 amide bonds. The van der Waals surface area contributed by atoms with E-state index in [1.807, 2.05) is 38.1 Å². The Balaban J connectivity index is 2.62. The maximum Gasteiger partial charge on any atom is 0.234 e. The molecule has 0 spiro atoms. The van der Waals surface area contributed by atoms with Crippen LogP contribution >= 0.6 is 0 Å². The van der Waals surface area contributed by atoms with Gasteiger partial charge < -0.3 is 15.8 Å². The zero-order valence-corrected chi connectivity index (χ0v) is 9.69. The molecule has 0 radical (unpaired) electrons. The minimum Gasteiger partial charge on any atom is -0.494 e. The fourth-order valence-electron chi connectivity index (χ4n) is 1.40. The van der Waals surface area contributed by atoms with Crippen molar-refractivity contribution in [1.29, 1.82) is 0 Å². The van der Waals surface area contributed by atoms with E-state index in [0.29, 0.717) is 6.61 Å². The molecule has 0 aliphatic carbocycles. The van der Waals surface area contributed by atoms with Crippen molar-refractivity contribution in [2.45, 2.75) is 19.9 Å². The fraction of sp³-hybridized carbons (Fsp3) is 0.417. The van der Waals surface area contributed by atoms with Gasteiger partial charge in [-0.2, -0.15) is 0 Å². The fourth-order valence-corrected chi connectivity index (χ4v) is 1.40. The van der Waals surface area contributed by atoms with E-state index in [1.165, 1.54) is 0 Å². The number of rotatable bonds is 5. The van der Waals surface area contributed by atoms with Gasteiger partial charge in [-0.25, -0.2) is 0 Å². The van der Waals surface area contributed by atoms with Crippen LogP contribution in [0.1, 0.15) is 25.5 Å². The molecular weight excluding hydrogens is 204 g/mol. The van der Waals surface area contributed by atoms with Gasteiger partial charge in [0.15, 0.2) is 0 Å². The van der Waals surface area contributed by atoms with Gasteiger partial charge in [0, 0.05) is 0 Å². The average molecular weight is 222 g/mol. The molecule has 0 aliphatic rings. The Morgan fingerprint density at radius 2 is 2.06 bits per heavy atom. The number of carbonyl (C=O) groups excluding carboxylic acids is 1. The summed E-state index contributed by atoms with van der Waals surface area (Å²) >= 11 is 0. The van der Waals surface area contributed by atoms with Gasteiger partial charge in [-0.1, -0.05) is 12.1 Å². The highest BCUT2D eigenvalue weighted by atomic mass is 16.5. The summed E-state index contributed by atoms with van der Waals surface area (Å²) in [6.07, 6.45) is 0. The van der Waals surface area contributed by atoms with Crippen LogP contribution in [0.4, 0.5) is 0 Å². The van der Waals surface area contributed by atoms with Gasteiger partial charge in [-0.15, -0.1) is 0 Å². The summed E-state index contributed by atoms with van der Waals surface area (Å²) in [7, 11) is 0. The zero-order valence-electron chi connectivity index (χ0n) is 9.69. The minimum atomic E-state index is -0.151. The first-order valence-corrected chi connectivity index (χ1v) is 5.39. The third-order valence-electron chi connectivity index (χ3n) is 2.25. The summed E-state index contributed by atoms with van der Waals surface area (Å²) in [6.45, 7) is 4.53. The molecule has 16 heavy (non-hydrogen) atoms. The predicted molar refractivity (Wildman–Crippen MR) is 63.2 cm³/mol. The number of benzene rings is 1. The highest BCUT2D eigenvalue weighted by molar-refractivity contribution is 5.78. The zero-order chi connectivity index (χ0) is 12.0. The molecule has 4 nitrogen and oxygen atoms in total. The third kappa shape index (κ3) is 3.55. The van der Waals surface area contributed by atoms with Crippen LogP contribution in [0.3, 0.4) is 0 Å². The largest absolute Gasteiger partial charge is 0.494 e. The topological polar surface area (TPSA) is 64.3 Å². The minimum absolute atomic E-state index is 0.0152. The van der Waals surface area contributed by atoms with Crippen molar-refractivity contribution in [1.82, 2.24) is 5.32 Å². The number of amides is 1. The van der Waals surface area contributed by atoms with E-state index in [1.54, 1.807) is 0 Å². The summed E-state index contributed by atoms with van der Waals surface area (Å²) in [5.74, 6) is 0.685. The Morgan fingerprint density at radius 3 is 2.56 bits per heavy atom. The molecule has 1 atom stereocenters. The van der Waals surface area contributed by atoms with Crippen molar-refractivity contribution < 1.29 is 9.53 Å². The molecule has 4 heteroatoms. The van der Waals surface area contributed by atoms with Crippen LogP contribution in [0.2, 0.25) is 0 Å². The van der Waals surface area contributed by atoms with Crippen LogP contribution < -0.4 is 15.8 Å². The second-order valence-corrected chi connectivity index (χ2v) is 3.50. The van der Waals surface area contributed by atoms with E-state index < -0.39 is 0 Å². The van der Waals surface area contributed by atoms with Gasteiger partial charge in [-0.05, 0) is 31.5 Å². The van der Waals surface area contributed by atoms with Crippen molar-refractivity contribution in [2.75, 3.05) is 13.2 Å². The molecule has 1 aromatic rings. The van der Waals surface area contributed by atoms with E-state index in [4.69, 9.17) is 10.5 Å². The second-order valence-electron chi connectivity index (χ2n) is 3.50. The quantitative estimate of drug-likeness (QED) is 0.787. The van der Waals surface area contributed by atoms with E-state index >= 15 is 0 Å². The van der Waals surface area contributed by atoms with Crippen LogP contribution in [-0.4, -0.2) is 19.1 Å². The first-order chi connectivity index (χ1) is 7.67. The smallest absolute Gasteiger partial charge is 0.234 e. The standard InChI is InChI=1S/C12H18N2O2/c1-3-16-11-6-4-10(5-7-11)9(2)14-12(15)8-13/h4-7,9H,3,8,13H2,1-2H3,(H,14,15). The normalized spacial score (nSPS) is 11.9. The lowest BCUT2D eigenvalue weighted by atomic mass is 10.1. The summed E-state index contributed by atoms with van der Waals surface area (Å²) in [6, 6.07) is 7.62. The van der Waals surface area contributed by atoms with Gasteiger partial charge in [0.2, 0.25) is 5.91 Å². The van der Waals surface area contributed by atoms with Crippen molar-refractivity contribution in [3.05, 3.63) is 29.8 Å². The molecule has 0 saturated carbocycles. The van der Waals surface area contributed by atoms with Crippen molar-refractivity contribution in [3.63, 3.8) is 0 Å². The predicted octanol–water partition coefficient (Wildman–Crippen LogP) is 1.22. The van der Waals surface area contributed by atoms with Crippen molar-refractivity contribution in [3.8, 4) is 5.75 Å². The highest BCUT2D eigenvalue weighted by Gasteiger charge is 2.07. The number of hydrogen-bond acceptors (Lipinski definition) is 3. The molecule has 0 aromatic heterocycles. The number of carbonyl (C=O) groups is 1. The second kappa shape index (κ2) is 6.12. The molecular formula is C12H18N2O2. The van der Waals surface area contributed by atoms with Crippen LogP contribution in [0.5, 0.6) is 5.75 Å². The lowest BCUT2D eigenvalue weighted by Gasteiger charge is -2.14. The van der Waals surface area contributed by atoms with Gasteiger partial charge >= 0.3 is 0 Å². The first-order valence-electron chi connectivity index (χ1n) is 5.39. The van der Waals surface area contributed by atoms with Crippen LogP contribution in [0, 0.1) is 0 Å². The maximum atomic E-state index is 11.1. The van der Waals surface area contributed by atoms with E-state index in [9.17, 15) is 4.79 Å². The Bertz CT molecular complexity index is 335. The highest BCUT2D eigenvalue weighted by Crippen LogP contribution is 2.17. The Labute approximate surface area is 95.8 Å². The van der Waals surface area contributed by atoms with Crippen molar-refractivity contribution >= 4 is 5.91 Å². The number of nitrogens with one attached hydrogen (secondary N) is 1. The summed E-state index contributed by atoms with van der Waals surface area (Å²) in [4.78, 5) is 11.1. The third-order valence-corrected chi connectivity index (χ3v) is 2.25. The lowest BCUT2D eigenvalue weighted by Crippen LogP contribution is -2.32. The van der Waals surface area contributed by atoms with E-state index in [2.05, 4.69) is 5.32 Å². The average Bonchev–Trinajstić information content (AvgIpc) is 2.30. The van der Waals surface area contributed by atoms with Gasteiger partial charge in [0.05, 0.1) is 19.2 Å². The lowest BCUT2D eigenvalue weighted by molar-refractivity contribution is -0.120. The molecule has 88 valence electrons. The number of hydrogen-bond donors (Lipinski definition) is 2. The van der Waals surface area contributed by atoms with E-state index in [0.717, 1.165) is 11.3 Å². The summed E-state index contributed by atoms with van der Waals surface area (Å²) in [5.41, 5.74) is 6.26. The molecule has 0 bridgehead atoms. The molecule has 1 unspecified atom stereocenters. The molecule has 0 heterocycles. The van der Waals surface area contributed by atoms with Crippen LogP contribution in [0.15, 0.2) is 24.3 Å². The number of nitrogens with two attached hydrogens (primary N) is 1. The van der Waals surface area contributed by atoms with Gasteiger partial charge in [-0.3, -0.25) is 4.79 Å². The Kier molecular flexibility index (Phi) is 4.79. The van der Waals surface area contributed by atoms with Crippen molar-refractivity contribution in [2.24, 2.45) is 5.73 Å². The number of ether oxygens (including phenoxy) is 1. The van der Waals surface area contributed by atoms with Gasteiger partial charge in [0.1, 0.15) is 5.75 Å². The molecule has 0 fully saturated rings. The monoisotopic (exact) mass is 222 g/mol. The summed E-state index contributed by atoms with van der Waals surface area (Å²) < 4.78 is 5.34. The van der Waals surface area contributed by atoms with Crippen LogP contribution in [0.25, 0.3) is 0 Å². The van der Waals surface area contributed by atoms with Gasteiger partial charge in [0.25, 0.3) is 0 Å². The molecule has 3 N–H and O–H groups in total.